The Morgan fingerprint density at radius 2 is 2.31 bits per heavy atom. The standard InChI is InChI=1S/C10H15NO2/c1-3-4-5-6-9-7-10(8(2)12)11-13-9/h7H,3-6H2,1-2H3. The Kier molecular flexibility index (Phi) is 3.68. The number of nitrogens with zero attached hydrogens (tertiary/aromatic N) is 1. The Bertz CT molecular complexity index is 278. The van der Waals surface area contributed by atoms with Crippen molar-refractivity contribution in [3.63, 3.8) is 0 Å². The van der Waals surface area contributed by atoms with Crippen molar-refractivity contribution in [3.8, 4) is 0 Å². The molecule has 3 heteroatoms. The fourth-order valence-electron chi connectivity index (χ4n) is 1.15. The molecule has 3 nitrogen and oxygen atoms in total. The third kappa shape index (κ3) is 3.01. The predicted octanol–water partition coefficient (Wildman–Crippen LogP) is 2.61. The van der Waals surface area contributed by atoms with E-state index in [0.29, 0.717) is 5.69 Å². The molecule has 72 valence electrons. The van der Waals surface area contributed by atoms with Gasteiger partial charge in [0, 0.05) is 19.4 Å². The van der Waals surface area contributed by atoms with Gasteiger partial charge in [0.15, 0.2) is 5.78 Å². The summed E-state index contributed by atoms with van der Waals surface area (Å²) in [5.74, 6) is 0.782. The largest absolute Gasteiger partial charge is 0.361 e. The van der Waals surface area contributed by atoms with Crippen LogP contribution in [0.15, 0.2) is 10.6 Å². The number of rotatable bonds is 5. The summed E-state index contributed by atoms with van der Waals surface area (Å²) in [4.78, 5) is 10.9. The van der Waals surface area contributed by atoms with Gasteiger partial charge >= 0.3 is 0 Å². The number of ketones is 1. The van der Waals surface area contributed by atoms with Crippen molar-refractivity contribution in [1.82, 2.24) is 5.16 Å². The Morgan fingerprint density at radius 3 is 2.85 bits per heavy atom. The number of carbonyl (C=O) groups excluding carboxylic acids is 1. The van der Waals surface area contributed by atoms with Crippen molar-refractivity contribution in [1.29, 1.82) is 0 Å². The first kappa shape index (κ1) is 9.96. The van der Waals surface area contributed by atoms with Crippen LogP contribution in [0.5, 0.6) is 0 Å². The maximum absolute atomic E-state index is 10.9. The van der Waals surface area contributed by atoms with E-state index in [1.165, 1.54) is 19.8 Å². The molecule has 0 saturated heterocycles. The minimum Gasteiger partial charge on any atom is -0.361 e. The van der Waals surface area contributed by atoms with Crippen LogP contribution in [-0.2, 0) is 6.42 Å². The number of aryl methyl sites for hydroxylation is 1. The predicted molar refractivity (Wildman–Crippen MR) is 49.7 cm³/mol. The molecule has 1 aromatic heterocycles. The summed E-state index contributed by atoms with van der Waals surface area (Å²) < 4.78 is 5.00. The lowest BCUT2D eigenvalue weighted by Gasteiger charge is -1.91. The smallest absolute Gasteiger partial charge is 0.181 e. The summed E-state index contributed by atoms with van der Waals surface area (Å²) >= 11 is 0. The summed E-state index contributed by atoms with van der Waals surface area (Å²) in [5.41, 5.74) is 0.437. The first-order valence-corrected chi connectivity index (χ1v) is 4.70. The average molecular weight is 181 g/mol. The Balaban J connectivity index is 2.44. The number of hydrogen-bond donors (Lipinski definition) is 0. The molecule has 0 spiro atoms. The molecule has 1 aromatic rings. The molecule has 0 saturated carbocycles. The normalized spacial score (nSPS) is 10.3. The van der Waals surface area contributed by atoms with E-state index in [-0.39, 0.29) is 5.78 Å². The van der Waals surface area contributed by atoms with Crippen molar-refractivity contribution in [3.05, 3.63) is 17.5 Å². The van der Waals surface area contributed by atoms with Gasteiger partial charge in [-0.15, -0.1) is 0 Å². The summed E-state index contributed by atoms with van der Waals surface area (Å²) in [5, 5.41) is 3.67. The number of Topliss-reactive ketones (excluding diaryl/α,β-unsaturated/α-hetero) is 1. The lowest BCUT2D eigenvalue weighted by Crippen LogP contribution is -1.89. The van der Waals surface area contributed by atoms with Crippen molar-refractivity contribution >= 4 is 5.78 Å². The van der Waals surface area contributed by atoms with Gasteiger partial charge in [0.25, 0.3) is 0 Å². The lowest BCUT2D eigenvalue weighted by atomic mass is 10.1. The van der Waals surface area contributed by atoms with Gasteiger partial charge in [0.2, 0.25) is 0 Å². The first-order chi connectivity index (χ1) is 6.24. The molecule has 0 unspecified atom stereocenters. The highest BCUT2D eigenvalue weighted by molar-refractivity contribution is 5.91. The highest BCUT2D eigenvalue weighted by atomic mass is 16.5. The first-order valence-electron chi connectivity index (χ1n) is 4.70. The highest BCUT2D eigenvalue weighted by Gasteiger charge is 2.06. The molecule has 0 aliphatic carbocycles. The molecule has 0 aliphatic rings. The molecule has 0 N–H and O–H groups in total. The summed E-state index contributed by atoms with van der Waals surface area (Å²) in [7, 11) is 0. The van der Waals surface area contributed by atoms with Crippen LogP contribution >= 0.6 is 0 Å². The Morgan fingerprint density at radius 1 is 1.54 bits per heavy atom. The van der Waals surface area contributed by atoms with Crippen molar-refractivity contribution in [2.24, 2.45) is 0 Å². The molecular weight excluding hydrogens is 166 g/mol. The molecule has 13 heavy (non-hydrogen) atoms. The number of aromatic nitrogens is 1. The van der Waals surface area contributed by atoms with Gasteiger partial charge in [-0.25, -0.2) is 0 Å². The molecule has 0 radical (unpaired) electrons. The lowest BCUT2D eigenvalue weighted by molar-refractivity contribution is 0.100. The summed E-state index contributed by atoms with van der Waals surface area (Å²) in [6.07, 6.45) is 4.36. The van der Waals surface area contributed by atoms with E-state index in [0.717, 1.165) is 18.6 Å². The third-order valence-electron chi connectivity index (χ3n) is 1.95. The molecule has 0 aromatic carbocycles. The van der Waals surface area contributed by atoms with Crippen LogP contribution in [-0.4, -0.2) is 10.9 Å². The quantitative estimate of drug-likeness (QED) is 0.518. The SMILES string of the molecule is CCCCCc1cc(C(C)=O)no1. The molecular formula is C10H15NO2. The van der Waals surface area contributed by atoms with Gasteiger partial charge in [-0.05, 0) is 6.42 Å². The van der Waals surface area contributed by atoms with E-state index in [2.05, 4.69) is 12.1 Å². The minimum absolute atomic E-state index is 0.0366. The van der Waals surface area contributed by atoms with E-state index in [1.54, 1.807) is 6.07 Å². The van der Waals surface area contributed by atoms with E-state index in [9.17, 15) is 4.79 Å². The molecule has 0 bridgehead atoms. The van der Waals surface area contributed by atoms with Crippen LogP contribution in [0, 0.1) is 0 Å². The minimum atomic E-state index is -0.0366. The van der Waals surface area contributed by atoms with Crippen LogP contribution in [0.2, 0.25) is 0 Å². The second kappa shape index (κ2) is 4.80. The van der Waals surface area contributed by atoms with Crippen LogP contribution in [0.1, 0.15) is 49.4 Å². The monoisotopic (exact) mass is 181 g/mol. The van der Waals surface area contributed by atoms with E-state index < -0.39 is 0 Å². The fraction of sp³-hybridized carbons (Fsp3) is 0.600. The van der Waals surface area contributed by atoms with Crippen LogP contribution in [0.3, 0.4) is 0 Å². The molecule has 0 amide bonds. The second-order valence-electron chi connectivity index (χ2n) is 3.19. The van der Waals surface area contributed by atoms with Crippen LogP contribution < -0.4 is 0 Å². The molecule has 0 aliphatic heterocycles. The second-order valence-corrected chi connectivity index (χ2v) is 3.19. The number of hydrogen-bond acceptors (Lipinski definition) is 3. The zero-order valence-electron chi connectivity index (χ0n) is 8.17. The molecule has 1 rings (SSSR count). The third-order valence-corrected chi connectivity index (χ3v) is 1.95. The van der Waals surface area contributed by atoms with Gasteiger partial charge in [0.1, 0.15) is 11.5 Å². The van der Waals surface area contributed by atoms with Crippen molar-refractivity contribution < 1.29 is 9.32 Å². The summed E-state index contributed by atoms with van der Waals surface area (Å²) in [6.45, 7) is 3.65. The number of unbranched alkanes of at least 4 members (excludes halogenated alkanes) is 2. The average Bonchev–Trinajstić information content (AvgIpc) is 2.53. The van der Waals surface area contributed by atoms with Gasteiger partial charge in [-0.1, -0.05) is 24.9 Å². The molecule has 1 heterocycles. The number of carbonyl (C=O) groups is 1. The highest BCUT2D eigenvalue weighted by Crippen LogP contribution is 2.08. The topological polar surface area (TPSA) is 43.1 Å². The zero-order chi connectivity index (χ0) is 9.68. The van der Waals surface area contributed by atoms with Gasteiger partial charge in [0.05, 0.1) is 0 Å². The zero-order valence-corrected chi connectivity index (χ0v) is 8.17. The maximum Gasteiger partial charge on any atom is 0.181 e. The van der Waals surface area contributed by atoms with Gasteiger partial charge < -0.3 is 4.52 Å². The van der Waals surface area contributed by atoms with Crippen LogP contribution in [0.25, 0.3) is 0 Å². The summed E-state index contributed by atoms with van der Waals surface area (Å²) in [6, 6.07) is 1.73. The van der Waals surface area contributed by atoms with Gasteiger partial charge in [-0.3, -0.25) is 4.79 Å². The Hall–Kier alpha value is -1.12. The van der Waals surface area contributed by atoms with E-state index >= 15 is 0 Å². The fourth-order valence-corrected chi connectivity index (χ4v) is 1.15. The maximum atomic E-state index is 10.9. The van der Waals surface area contributed by atoms with Crippen molar-refractivity contribution in [2.45, 2.75) is 39.5 Å². The van der Waals surface area contributed by atoms with Crippen molar-refractivity contribution in [2.75, 3.05) is 0 Å². The van der Waals surface area contributed by atoms with Crippen LogP contribution in [0.4, 0.5) is 0 Å². The van der Waals surface area contributed by atoms with Gasteiger partial charge in [-0.2, -0.15) is 0 Å². The molecule has 0 atom stereocenters. The molecule has 0 fully saturated rings. The Labute approximate surface area is 78.1 Å². The van der Waals surface area contributed by atoms with E-state index in [1.807, 2.05) is 0 Å². The van der Waals surface area contributed by atoms with E-state index in [4.69, 9.17) is 4.52 Å².